The van der Waals surface area contributed by atoms with E-state index in [9.17, 15) is 14.4 Å². The van der Waals surface area contributed by atoms with Crippen LogP contribution in [0.1, 0.15) is 86.0 Å². The molecule has 7 heteroatoms. The Bertz CT molecular complexity index is 922. The SMILES string of the molecule is COC1(CC(=O)N2CCC(C3C(=O)Nc4ccc(C(=O)NC5CCCC5)cc43)CC2)CCC1. The lowest BCUT2D eigenvalue weighted by Gasteiger charge is -2.42. The number of nitrogens with zero attached hydrogens (tertiary/aromatic N) is 1. The van der Waals surface area contributed by atoms with E-state index in [1.165, 1.54) is 12.8 Å². The summed E-state index contributed by atoms with van der Waals surface area (Å²) in [5.74, 6) is 0.0383. The Morgan fingerprint density at radius 3 is 2.48 bits per heavy atom. The number of methoxy groups -OCH3 is 1. The summed E-state index contributed by atoms with van der Waals surface area (Å²) in [6.07, 6.45) is 9.52. The molecule has 5 rings (SSSR count). The van der Waals surface area contributed by atoms with Crippen molar-refractivity contribution in [2.24, 2.45) is 5.92 Å². The third-order valence-corrected chi connectivity index (χ3v) is 8.41. The lowest BCUT2D eigenvalue weighted by atomic mass is 9.76. The second-order valence-corrected chi connectivity index (χ2v) is 10.4. The number of rotatable bonds is 6. The molecular weight excluding hydrogens is 418 g/mol. The molecule has 1 saturated heterocycles. The van der Waals surface area contributed by atoms with Crippen molar-refractivity contribution in [2.45, 2.75) is 81.8 Å². The molecule has 1 aromatic rings. The molecule has 1 aromatic carbocycles. The normalized spacial score (nSPS) is 24.8. The number of nitrogens with one attached hydrogen (secondary N) is 2. The molecule has 7 nitrogen and oxygen atoms in total. The maximum absolute atomic E-state index is 12.9. The van der Waals surface area contributed by atoms with Gasteiger partial charge in [-0.1, -0.05) is 12.8 Å². The molecule has 33 heavy (non-hydrogen) atoms. The molecule has 178 valence electrons. The number of hydrogen-bond acceptors (Lipinski definition) is 4. The van der Waals surface area contributed by atoms with E-state index in [-0.39, 0.29) is 41.2 Å². The number of ether oxygens (including phenoxy) is 1. The molecule has 4 aliphatic rings. The molecule has 2 heterocycles. The molecule has 3 amide bonds. The van der Waals surface area contributed by atoms with Gasteiger partial charge in [0.25, 0.3) is 5.91 Å². The summed E-state index contributed by atoms with van der Waals surface area (Å²) < 4.78 is 5.63. The number of carbonyl (C=O) groups is 3. The predicted molar refractivity (Wildman–Crippen MR) is 125 cm³/mol. The van der Waals surface area contributed by atoms with Crippen LogP contribution < -0.4 is 10.6 Å². The van der Waals surface area contributed by atoms with Gasteiger partial charge in [-0.05, 0) is 74.6 Å². The lowest BCUT2D eigenvalue weighted by Crippen LogP contribution is -2.47. The highest BCUT2D eigenvalue weighted by molar-refractivity contribution is 6.05. The van der Waals surface area contributed by atoms with Crippen LogP contribution in [0.2, 0.25) is 0 Å². The highest BCUT2D eigenvalue weighted by atomic mass is 16.5. The molecule has 0 radical (unpaired) electrons. The van der Waals surface area contributed by atoms with Gasteiger partial charge in [0.15, 0.2) is 0 Å². The predicted octanol–water partition coefficient (Wildman–Crippen LogP) is 3.59. The van der Waals surface area contributed by atoms with Gasteiger partial charge >= 0.3 is 0 Å². The Hall–Kier alpha value is -2.41. The maximum Gasteiger partial charge on any atom is 0.251 e. The van der Waals surface area contributed by atoms with E-state index in [4.69, 9.17) is 4.74 Å². The summed E-state index contributed by atoms with van der Waals surface area (Å²) in [4.78, 5) is 40.4. The summed E-state index contributed by atoms with van der Waals surface area (Å²) in [6.45, 7) is 1.34. The lowest BCUT2D eigenvalue weighted by molar-refractivity contribution is -0.145. The van der Waals surface area contributed by atoms with Crippen LogP contribution in [0.3, 0.4) is 0 Å². The third kappa shape index (κ3) is 4.39. The van der Waals surface area contributed by atoms with Crippen LogP contribution in [0.15, 0.2) is 18.2 Å². The Morgan fingerprint density at radius 1 is 1.12 bits per heavy atom. The minimum Gasteiger partial charge on any atom is -0.378 e. The van der Waals surface area contributed by atoms with Crippen molar-refractivity contribution in [3.63, 3.8) is 0 Å². The zero-order chi connectivity index (χ0) is 23.0. The molecule has 1 unspecified atom stereocenters. The van der Waals surface area contributed by atoms with Crippen LogP contribution in [0, 0.1) is 5.92 Å². The highest BCUT2D eigenvalue weighted by Gasteiger charge is 2.42. The van der Waals surface area contributed by atoms with E-state index in [1.807, 2.05) is 17.0 Å². The van der Waals surface area contributed by atoms with Crippen molar-refractivity contribution in [3.8, 4) is 0 Å². The van der Waals surface area contributed by atoms with Gasteiger partial charge in [-0.3, -0.25) is 14.4 Å². The van der Waals surface area contributed by atoms with Crippen molar-refractivity contribution >= 4 is 23.4 Å². The maximum atomic E-state index is 12.9. The van der Waals surface area contributed by atoms with Crippen LogP contribution in [0.4, 0.5) is 5.69 Å². The molecular formula is C26H35N3O4. The van der Waals surface area contributed by atoms with E-state index >= 15 is 0 Å². The summed E-state index contributed by atoms with van der Waals surface area (Å²) in [6, 6.07) is 5.83. The number of anilines is 1. The van der Waals surface area contributed by atoms with Gasteiger partial charge in [-0.15, -0.1) is 0 Å². The van der Waals surface area contributed by atoms with Crippen molar-refractivity contribution in [2.75, 3.05) is 25.5 Å². The Kier molecular flexibility index (Phi) is 6.16. The zero-order valence-electron chi connectivity index (χ0n) is 19.5. The van der Waals surface area contributed by atoms with Gasteiger partial charge in [0.2, 0.25) is 11.8 Å². The van der Waals surface area contributed by atoms with Crippen LogP contribution in [-0.4, -0.2) is 54.5 Å². The van der Waals surface area contributed by atoms with Crippen LogP contribution in [-0.2, 0) is 14.3 Å². The molecule has 2 N–H and O–H groups in total. The first kappa shape index (κ1) is 22.4. The molecule has 2 saturated carbocycles. The van der Waals surface area contributed by atoms with Crippen LogP contribution >= 0.6 is 0 Å². The minimum absolute atomic E-state index is 0.0101. The third-order valence-electron chi connectivity index (χ3n) is 8.41. The Morgan fingerprint density at radius 2 is 1.85 bits per heavy atom. The van der Waals surface area contributed by atoms with Gasteiger partial charge in [0.05, 0.1) is 17.9 Å². The molecule has 1 atom stereocenters. The second kappa shape index (κ2) is 9.09. The second-order valence-electron chi connectivity index (χ2n) is 10.4. The van der Waals surface area contributed by atoms with E-state index < -0.39 is 0 Å². The van der Waals surface area contributed by atoms with Gasteiger partial charge in [0, 0.05) is 37.5 Å². The van der Waals surface area contributed by atoms with E-state index in [0.717, 1.165) is 56.2 Å². The van der Waals surface area contributed by atoms with E-state index in [1.54, 1.807) is 13.2 Å². The first-order valence-electron chi connectivity index (χ1n) is 12.6. The zero-order valence-corrected chi connectivity index (χ0v) is 19.5. The fraction of sp³-hybridized carbons (Fsp3) is 0.654. The number of likely N-dealkylation sites (tertiary alicyclic amines) is 1. The topological polar surface area (TPSA) is 87.7 Å². The summed E-state index contributed by atoms with van der Waals surface area (Å²) in [5, 5.41) is 6.15. The van der Waals surface area contributed by atoms with Crippen LogP contribution in [0.5, 0.6) is 0 Å². The quantitative estimate of drug-likeness (QED) is 0.689. The van der Waals surface area contributed by atoms with Gasteiger partial charge in [-0.25, -0.2) is 0 Å². The number of benzene rings is 1. The van der Waals surface area contributed by atoms with E-state index in [0.29, 0.717) is 25.1 Å². The fourth-order valence-electron chi connectivity index (χ4n) is 6.13. The molecule has 3 fully saturated rings. The Balaban J connectivity index is 1.23. The van der Waals surface area contributed by atoms with Crippen molar-refractivity contribution < 1.29 is 19.1 Å². The number of piperidine rings is 1. The largest absolute Gasteiger partial charge is 0.378 e. The number of carbonyl (C=O) groups excluding carboxylic acids is 3. The molecule has 2 aliphatic carbocycles. The molecule has 0 bridgehead atoms. The average molecular weight is 454 g/mol. The molecule has 0 spiro atoms. The molecule has 0 aromatic heterocycles. The van der Waals surface area contributed by atoms with Gasteiger partial charge in [0.1, 0.15) is 0 Å². The summed E-state index contributed by atoms with van der Waals surface area (Å²) >= 11 is 0. The van der Waals surface area contributed by atoms with Crippen LogP contribution in [0.25, 0.3) is 0 Å². The fourth-order valence-corrected chi connectivity index (χ4v) is 6.13. The highest BCUT2D eigenvalue weighted by Crippen LogP contribution is 2.43. The standard InChI is InChI=1S/C26H35N3O4/c1-33-26(11-4-12-26)16-22(30)29-13-9-17(10-14-29)23-20-15-18(7-8-21(20)28-25(23)32)24(31)27-19-5-2-3-6-19/h7-8,15,17,19,23H,2-6,9-14,16H2,1H3,(H,27,31)(H,28,32). The summed E-state index contributed by atoms with van der Waals surface area (Å²) in [5.41, 5.74) is 2.11. The van der Waals surface area contributed by atoms with Crippen molar-refractivity contribution in [1.82, 2.24) is 10.2 Å². The molecule has 2 aliphatic heterocycles. The smallest absolute Gasteiger partial charge is 0.251 e. The number of hydrogen-bond donors (Lipinski definition) is 2. The minimum atomic E-state index is -0.256. The van der Waals surface area contributed by atoms with Gasteiger partial charge in [-0.2, -0.15) is 0 Å². The summed E-state index contributed by atoms with van der Waals surface area (Å²) in [7, 11) is 1.71. The number of amides is 3. The monoisotopic (exact) mass is 453 g/mol. The average Bonchev–Trinajstić information content (AvgIpc) is 3.42. The first-order chi connectivity index (χ1) is 16.0. The van der Waals surface area contributed by atoms with Gasteiger partial charge < -0.3 is 20.3 Å². The number of fused-ring (bicyclic) bond motifs is 1. The first-order valence-corrected chi connectivity index (χ1v) is 12.6. The Labute approximate surface area is 195 Å². The van der Waals surface area contributed by atoms with Crippen molar-refractivity contribution in [1.29, 1.82) is 0 Å². The van der Waals surface area contributed by atoms with Crippen molar-refractivity contribution in [3.05, 3.63) is 29.3 Å². The van der Waals surface area contributed by atoms with E-state index in [2.05, 4.69) is 10.6 Å².